The van der Waals surface area contributed by atoms with Crippen LogP contribution in [0.5, 0.6) is 0 Å². The van der Waals surface area contributed by atoms with Gasteiger partial charge < -0.3 is 11.1 Å². The van der Waals surface area contributed by atoms with Crippen molar-refractivity contribution in [2.75, 3.05) is 13.1 Å². The molecule has 1 aromatic carbocycles. The van der Waals surface area contributed by atoms with Gasteiger partial charge in [-0.25, -0.2) is 0 Å². The standard InChI is InChI=1S/C14H24N2/c1-14(2,16-12-6-11-15)10-9-13-7-4-3-5-8-13/h3-5,7-8,16H,6,9-12,15H2,1-2H3. The fourth-order valence-corrected chi connectivity index (χ4v) is 1.72. The van der Waals surface area contributed by atoms with E-state index in [1.165, 1.54) is 5.56 Å². The third-order valence-electron chi connectivity index (χ3n) is 2.87. The zero-order valence-electron chi connectivity index (χ0n) is 10.5. The zero-order chi connectivity index (χ0) is 11.9. The molecule has 3 N–H and O–H groups in total. The summed E-state index contributed by atoms with van der Waals surface area (Å²) in [6, 6.07) is 10.6. The highest BCUT2D eigenvalue weighted by molar-refractivity contribution is 5.15. The maximum Gasteiger partial charge on any atom is 0.0128 e. The zero-order valence-corrected chi connectivity index (χ0v) is 10.5. The molecule has 1 aromatic rings. The monoisotopic (exact) mass is 220 g/mol. The Hall–Kier alpha value is -0.860. The number of rotatable bonds is 7. The molecule has 1 rings (SSSR count). The van der Waals surface area contributed by atoms with Crippen LogP contribution in [0, 0.1) is 0 Å². The first-order chi connectivity index (χ1) is 7.64. The van der Waals surface area contributed by atoms with Crippen LogP contribution in [-0.2, 0) is 6.42 Å². The molecule has 90 valence electrons. The highest BCUT2D eigenvalue weighted by Gasteiger charge is 2.15. The Balaban J connectivity index is 2.30. The average molecular weight is 220 g/mol. The highest BCUT2D eigenvalue weighted by atomic mass is 14.9. The Bertz CT molecular complexity index is 280. The molecule has 0 saturated heterocycles. The molecular weight excluding hydrogens is 196 g/mol. The van der Waals surface area contributed by atoms with Crippen molar-refractivity contribution >= 4 is 0 Å². The smallest absolute Gasteiger partial charge is 0.0128 e. The molecule has 0 amide bonds. The molecule has 0 bridgehead atoms. The van der Waals surface area contributed by atoms with E-state index in [-0.39, 0.29) is 5.54 Å². The summed E-state index contributed by atoms with van der Waals surface area (Å²) in [5.41, 5.74) is 7.10. The van der Waals surface area contributed by atoms with Gasteiger partial charge in [0.25, 0.3) is 0 Å². The van der Waals surface area contributed by atoms with E-state index in [2.05, 4.69) is 49.5 Å². The molecule has 16 heavy (non-hydrogen) atoms. The first-order valence-electron chi connectivity index (χ1n) is 6.13. The maximum absolute atomic E-state index is 5.48. The van der Waals surface area contributed by atoms with Gasteiger partial charge in [-0.3, -0.25) is 0 Å². The molecular formula is C14H24N2. The van der Waals surface area contributed by atoms with Gasteiger partial charge >= 0.3 is 0 Å². The van der Waals surface area contributed by atoms with E-state index in [0.29, 0.717) is 0 Å². The second-order valence-corrected chi connectivity index (χ2v) is 4.94. The van der Waals surface area contributed by atoms with Crippen molar-refractivity contribution in [1.82, 2.24) is 5.32 Å². The van der Waals surface area contributed by atoms with Crippen molar-refractivity contribution in [2.24, 2.45) is 5.73 Å². The largest absolute Gasteiger partial charge is 0.330 e. The first-order valence-corrected chi connectivity index (χ1v) is 6.13. The lowest BCUT2D eigenvalue weighted by Crippen LogP contribution is -2.40. The number of nitrogens with two attached hydrogens (primary N) is 1. The SMILES string of the molecule is CC(C)(CCc1ccccc1)NCCCN. The summed E-state index contributed by atoms with van der Waals surface area (Å²) in [5, 5.41) is 3.55. The highest BCUT2D eigenvalue weighted by Crippen LogP contribution is 2.13. The number of hydrogen-bond donors (Lipinski definition) is 2. The molecule has 0 aliphatic heterocycles. The van der Waals surface area contributed by atoms with Crippen LogP contribution in [0.2, 0.25) is 0 Å². The van der Waals surface area contributed by atoms with E-state index in [1.807, 2.05) is 0 Å². The number of hydrogen-bond acceptors (Lipinski definition) is 2. The molecule has 2 nitrogen and oxygen atoms in total. The molecule has 0 spiro atoms. The third kappa shape index (κ3) is 5.29. The fourth-order valence-electron chi connectivity index (χ4n) is 1.72. The third-order valence-corrected chi connectivity index (χ3v) is 2.87. The quantitative estimate of drug-likeness (QED) is 0.692. The van der Waals surface area contributed by atoms with Crippen molar-refractivity contribution in [3.8, 4) is 0 Å². The normalized spacial score (nSPS) is 11.7. The van der Waals surface area contributed by atoms with Crippen molar-refractivity contribution in [2.45, 2.75) is 38.6 Å². The Labute approximate surface area is 99.2 Å². The van der Waals surface area contributed by atoms with Crippen LogP contribution in [-0.4, -0.2) is 18.6 Å². The molecule has 0 aromatic heterocycles. The summed E-state index contributed by atoms with van der Waals surface area (Å²) in [5.74, 6) is 0. The lowest BCUT2D eigenvalue weighted by atomic mass is 9.95. The minimum Gasteiger partial charge on any atom is -0.330 e. The van der Waals surface area contributed by atoms with E-state index in [1.54, 1.807) is 0 Å². The summed E-state index contributed by atoms with van der Waals surface area (Å²) >= 11 is 0. The van der Waals surface area contributed by atoms with Gasteiger partial charge in [-0.1, -0.05) is 30.3 Å². The molecule has 0 aliphatic carbocycles. The van der Waals surface area contributed by atoms with Gasteiger partial charge in [-0.15, -0.1) is 0 Å². The summed E-state index contributed by atoms with van der Waals surface area (Å²) in [4.78, 5) is 0. The van der Waals surface area contributed by atoms with Crippen LogP contribution in [0.4, 0.5) is 0 Å². The number of aryl methyl sites for hydroxylation is 1. The second-order valence-electron chi connectivity index (χ2n) is 4.94. The van der Waals surface area contributed by atoms with Gasteiger partial charge in [-0.05, 0) is 51.8 Å². The van der Waals surface area contributed by atoms with E-state index >= 15 is 0 Å². The van der Waals surface area contributed by atoms with Gasteiger partial charge in [0.1, 0.15) is 0 Å². The summed E-state index contributed by atoms with van der Waals surface area (Å²) in [6.45, 7) is 6.29. The molecule has 0 radical (unpaired) electrons. The van der Waals surface area contributed by atoms with Crippen LogP contribution in [0.3, 0.4) is 0 Å². The summed E-state index contributed by atoms with van der Waals surface area (Å²) < 4.78 is 0. The molecule has 0 saturated carbocycles. The van der Waals surface area contributed by atoms with Gasteiger partial charge in [0.15, 0.2) is 0 Å². The van der Waals surface area contributed by atoms with Crippen LogP contribution in [0.1, 0.15) is 32.3 Å². The maximum atomic E-state index is 5.48. The van der Waals surface area contributed by atoms with E-state index in [0.717, 1.165) is 32.4 Å². The first kappa shape index (κ1) is 13.2. The fraction of sp³-hybridized carbons (Fsp3) is 0.571. The number of benzene rings is 1. The Morgan fingerprint density at radius 3 is 2.50 bits per heavy atom. The topological polar surface area (TPSA) is 38.0 Å². The van der Waals surface area contributed by atoms with Crippen molar-refractivity contribution in [3.05, 3.63) is 35.9 Å². The van der Waals surface area contributed by atoms with E-state index in [4.69, 9.17) is 5.73 Å². The average Bonchev–Trinajstić information content (AvgIpc) is 2.28. The number of nitrogens with one attached hydrogen (secondary N) is 1. The minimum absolute atomic E-state index is 0.199. The molecule has 0 unspecified atom stereocenters. The van der Waals surface area contributed by atoms with Gasteiger partial charge in [0.2, 0.25) is 0 Å². The van der Waals surface area contributed by atoms with Crippen LogP contribution >= 0.6 is 0 Å². The second kappa shape index (κ2) is 6.66. The predicted molar refractivity (Wildman–Crippen MR) is 70.5 cm³/mol. The Morgan fingerprint density at radius 2 is 1.88 bits per heavy atom. The van der Waals surface area contributed by atoms with Gasteiger partial charge in [0, 0.05) is 5.54 Å². The van der Waals surface area contributed by atoms with Crippen molar-refractivity contribution in [3.63, 3.8) is 0 Å². The Kier molecular flexibility index (Phi) is 5.50. The molecule has 2 heteroatoms. The van der Waals surface area contributed by atoms with Gasteiger partial charge in [0.05, 0.1) is 0 Å². The van der Waals surface area contributed by atoms with E-state index < -0.39 is 0 Å². The predicted octanol–water partition coefficient (Wildman–Crippen LogP) is 2.34. The van der Waals surface area contributed by atoms with Gasteiger partial charge in [-0.2, -0.15) is 0 Å². The van der Waals surface area contributed by atoms with Crippen molar-refractivity contribution < 1.29 is 0 Å². The molecule has 0 fully saturated rings. The lowest BCUT2D eigenvalue weighted by Gasteiger charge is -2.26. The van der Waals surface area contributed by atoms with E-state index in [9.17, 15) is 0 Å². The minimum atomic E-state index is 0.199. The molecule has 0 heterocycles. The van der Waals surface area contributed by atoms with Crippen LogP contribution < -0.4 is 11.1 Å². The van der Waals surface area contributed by atoms with Crippen LogP contribution in [0.25, 0.3) is 0 Å². The summed E-state index contributed by atoms with van der Waals surface area (Å²) in [7, 11) is 0. The van der Waals surface area contributed by atoms with Crippen LogP contribution in [0.15, 0.2) is 30.3 Å². The molecule has 0 aliphatic rings. The lowest BCUT2D eigenvalue weighted by molar-refractivity contribution is 0.362. The van der Waals surface area contributed by atoms with Crippen molar-refractivity contribution in [1.29, 1.82) is 0 Å². The molecule has 0 atom stereocenters. The summed E-state index contributed by atoms with van der Waals surface area (Å²) in [6.07, 6.45) is 3.33. The Morgan fingerprint density at radius 1 is 1.19 bits per heavy atom.